The number of benzene rings is 1. The van der Waals surface area contributed by atoms with Crippen LogP contribution in [0, 0.1) is 11.3 Å². The molecule has 98 valence electrons. The Morgan fingerprint density at radius 3 is 2.53 bits per heavy atom. The van der Waals surface area contributed by atoms with Crippen LogP contribution in [0.15, 0.2) is 29.8 Å². The van der Waals surface area contributed by atoms with E-state index in [1.54, 1.807) is 37.3 Å². The van der Waals surface area contributed by atoms with Crippen molar-refractivity contribution in [2.75, 3.05) is 6.61 Å². The summed E-state index contributed by atoms with van der Waals surface area (Å²) in [5.74, 6) is -0.725. The van der Waals surface area contributed by atoms with Crippen molar-refractivity contribution in [2.45, 2.75) is 13.3 Å². The Bertz CT molecular complexity index is 541. The fraction of sp³-hybridized carbons (Fsp3) is 0.214. The van der Waals surface area contributed by atoms with Gasteiger partial charge in [0.15, 0.2) is 0 Å². The van der Waals surface area contributed by atoms with Crippen LogP contribution in [-0.2, 0) is 14.3 Å². The lowest BCUT2D eigenvalue weighted by atomic mass is 9.98. The number of halogens is 1. The van der Waals surface area contributed by atoms with E-state index in [2.05, 4.69) is 0 Å². The van der Waals surface area contributed by atoms with Gasteiger partial charge in [-0.25, -0.2) is 4.79 Å². The zero-order chi connectivity index (χ0) is 14.3. The summed E-state index contributed by atoms with van der Waals surface area (Å²) in [6, 6.07) is 8.35. The molecule has 0 saturated heterocycles. The summed E-state index contributed by atoms with van der Waals surface area (Å²) in [6.07, 6.45) is 0.601. The van der Waals surface area contributed by atoms with Crippen molar-refractivity contribution in [1.82, 2.24) is 0 Å². The molecule has 0 heterocycles. The molecule has 4 nitrogen and oxygen atoms in total. The molecular formula is C14H12ClNO3. The quantitative estimate of drug-likeness (QED) is 0.359. The number of ether oxygens (including phenoxy) is 1. The standard InChI is InChI=1S/C14H12ClNO3/c1-2-19-14(18)13(9-16)12(7-8-17)10-3-5-11(15)6-4-10/h3-6,8H,2,7H2,1H3/b13-12+. The molecule has 0 spiro atoms. The van der Waals surface area contributed by atoms with E-state index in [4.69, 9.17) is 21.6 Å². The molecule has 0 aliphatic heterocycles. The molecule has 0 unspecified atom stereocenters. The van der Waals surface area contributed by atoms with E-state index in [-0.39, 0.29) is 18.6 Å². The van der Waals surface area contributed by atoms with Crippen LogP contribution in [0.2, 0.25) is 5.02 Å². The van der Waals surface area contributed by atoms with Gasteiger partial charge in [-0.2, -0.15) is 5.26 Å². The second-order valence-electron chi connectivity index (χ2n) is 3.56. The van der Waals surface area contributed by atoms with Crippen LogP contribution in [0.25, 0.3) is 5.57 Å². The van der Waals surface area contributed by atoms with Crippen molar-refractivity contribution in [3.63, 3.8) is 0 Å². The molecule has 0 N–H and O–H groups in total. The predicted octanol–water partition coefficient (Wildman–Crippen LogP) is 2.77. The van der Waals surface area contributed by atoms with Gasteiger partial charge in [0.05, 0.1) is 6.61 Å². The zero-order valence-electron chi connectivity index (χ0n) is 10.4. The maximum atomic E-state index is 11.7. The van der Waals surface area contributed by atoms with Crippen LogP contribution in [0.3, 0.4) is 0 Å². The normalized spacial score (nSPS) is 11.2. The lowest BCUT2D eigenvalue weighted by Gasteiger charge is -2.08. The van der Waals surface area contributed by atoms with Gasteiger partial charge in [-0.1, -0.05) is 23.7 Å². The van der Waals surface area contributed by atoms with Crippen molar-refractivity contribution in [1.29, 1.82) is 5.26 Å². The number of carbonyl (C=O) groups excluding carboxylic acids is 2. The smallest absolute Gasteiger partial charge is 0.349 e. The molecule has 0 bridgehead atoms. The molecule has 0 atom stereocenters. The number of esters is 1. The van der Waals surface area contributed by atoms with Crippen LogP contribution < -0.4 is 0 Å². The first kappa shape index (κ1) is 14.9. The Labute approximate surface area is 116 Å². The van der Waals surface area contributed by atoms with Crippen LogP contribution in [0.5, 0.6) is 0 Å². The lowest BCUT2D eigenvalue weighted by molar-refractivity contribution is -0.137. The maximum Gasteiger partial charge on any atom is 0.349 e. The Morgan fingerprint density at radius 2 is 2.05 bits per heavy atom. The maximum absolute atomic E-state index is 11.7. The highest BCUT2D eigenvalue weighted by Crippen LogP contribution is 2.24. The average Bonchev–Trinajstić information content (AvgIpc) is 2.40. The van der Waals surface area contributed by atoms with Crippen LogP contribution in [-0.4, -0.2) is 18.9 Å². The first-order chi connectivity index (χ1) is 9.13. The Balaban J connectivity index is 3.30. The van der Waals surface area contributed by atoms with E-state index in [1.165, 1.54) is 0 Å². The van der Waals surface area contributed by atoms with E-state index in [0.29, 0.717) is 22.4 Å². The summed E-state index contributed by atoms with van der Waals surface area (Å²) in [6.45, 7) is 1.81. The molecule has 5 heteroatoms. The van der Waals surface area contributed by atoms with Gasteiger partial charge in [0.25, 0.3) is 0 Å². The minimum absolute atomic E-state index is 0.0384. The summed E-state index contributed by atoms with van der Waals surface area (Å²) in [5, 5.41) is 9.62. The second kappa shape index (κ2) is 7.34. The molecule has 1 aromatic carbocycles. The largest absolute Gasteiger partial charge is 0.462 e. The van der Waals surface area contributed by atoms with E-state index >= 15 is 0 Å². The molecule has 0 aliphatic rings. The lowest BCUT2D eigenvalue weighted by Crippen LogP contribution is -2.09. The summed E-state index contributed by atoms with van der Waals surface area (Å²) < 4.78 is 4.81. The third kappa shape index (κ3) is 3.94. The molecule has 0 fully saturated rings. The number of nitrogens with zero attached hydrogens (tertiary/aromatic N) is 1. The van der Waals surface area contributed by atoms with Gasteiger partial charge in [0.2, 0.25) is 0 Å². The molecule has 0 amide bonds. The molecule has 1 rings (SSSR count). The highest BCUT2D eigenvalue weighted by molar-refractivity contribution is 6.30. The molecule has 0 aromatic heterocycles. The topological polar surface area (TPSA) is 67.2 Å². The molecule has 1 aromatic rings. The number of rotatable bonds is 5. The third-order valence-electron chi connectivity index (χ3n) is 2.37. The minimum Gasteiger partial charge on any atom is -0.462 e. The van der Waals surface area contributed by atoms with Crippen LogP contribution in [0.1, 0.15) is 18.9 Å². The summed E-state index contributed by atoms with van der Waals surface area (Å²) >= 11 is 5.78. The number of hydrogen-bond donors (Lipinski definition) is 0. The van der Waals surface area contributed by atoms with E-state index in [1.807, 2.05) is 0 Å². The van der Waals surface area contributed by atoms with Crippen molar-refractivity contribution in [2.24, 2.45) is 0 Å². The first-order valence-corrected chi connectivity index (χ1v) is 6.01. The predicted molar refractivity (Wildman–Crippen MR) is 71.3 cm³/mol. The van der Waals surface area contributed by atoms with Gasteiger partial charge < -0.3 is 9.53 Å². The van der Waals surface area contributed by atoms with Gasteiger partial charge in [0.1, 0.15) is 17.9 Å². The molecule has 0 radical (unpaired) electrons. The van der Waals surface area contributed by atoms with E-state index in [0.717, 1.165) is 0 Å². The number of allylic oxidation sites excluding steroid dienone is 1. The highest BCUT2D eigenvalue weighted by atomic mass is 35.5. The SMILES string of the molecule is CCOC(=O)/C(C#N)=C(\CC=O)c1ccc(Cl)cc1. The molecule has 19 heavy (non-hydrogen) atoms. The average molecular weight is 278 g/mol. The highest BCUT2D eigenvalue weighted by Gasteiger charge is 2.17. The fourth-order valence-corrected chi connectivity index (χ4v) is 1.66. The second-order valence-corrected chi connectivity index (χ2v) is 4.00. The first-order valence-electron chi connectivity index (χ1n) is 5.64. The van der Waals surface area contributed by atoms with Gasteiger partial charge in [0, 0.05) is 11.4 Å². The molecule has 0 saturated carbocycles. The monoisotopic (exact) mass is 277 g/mol. The third-order valence-corrected chi connectivity index (χ3v) is 2.63. The Kier molecular flexibility index (Phi) is 5.77. The van der Waals surface area contributed by atoms with Gasteiger partial charge in [-0.3, -0.25) is 0 Å². The van der Waals surface area contributed by atoms with Crippen LogP contribution >= 0.6 is 11.6 Å². The minimum atomic E-state index is -0.725. The van der Waals surface area contributed by atoms with Gasteiger partial charge in [-0.05, 0) is 30.2 Å². The number of carbonyl (C=O) groups is 2. The van der Waals surface area contributed by atoms with Crippen LogP contribution in [0.4, 0.5) is 0 Å². The molecular weight excluding hydrogens is 266 g/mol. The number of hydrogen-bond acceptors (Lipinski definition) is 4. The van der Waals surface area contributed by atoms with Gasteiger partial charge >= 0.3 is 5.97 Å². The molecule has 0 aliphatic carbocycles. The summed E-state index contributed by atoms with van der Waals surface area (Å²) in [4.78, 5) is 22.4. The Morgan fingerprint density at radius 1 is 1.42 bits per heavy atom. The number of nitriles is 1. The van der Waals surface area contributed by atoms with Crippen molar-refractivity contribution in [3.8, 4) is 6.07 Å². The van der Waals surface area contributed by atoms with E-state index < -0.39 is 5.97 Å². The Hall–Kier alpha value is -2.12. The van der Waals surface area contributed by atoms with Crippen molar-refractivity contribution in [3.05, 3.63) is 40.4 Å². The zero-order valence-corrected chi connectivity index (χ0v) is 11.1. The summed E-state index contributed by atoms with van der Waals surface area (Å²) in [7, 11) is 0. The summed E-state index contributed by atoms with van der Waals surface area (Å²) in [5.41, 5.74) is 0.782. The fourth-order valence-electron chi connectivity index (χ4n) is 1.54. The van der Waals surface area contributed by atoms with Crippen molar-refractivity contribution >= 4 is 29.4 Å². The van der Waals surface area contributed by atoms with E-state index in [9.17, 15) is 9.59 Å². The van der Waals surface area contributed by atoms with Crippen molar-refractivity contribution < 1.29 is 14.3 Å². The number of aldehydes is 1. The van der Waals surface area contributed by atoms with Gasteiger partial charge in [-0.15, -0.1) is 0 Å².